The molecule has 1 amide bonds. The second-order valence-electron chi connectivity index (χ2n) is 30.6. The summed E-state index contributed by atoms with van der Waals surface area (Å²) >= 11 is 19.9. The molecular formula is C95H113Cl3N4O22. The van der Waals surface area contributed by atoms with Crippen LogP contribution in [0.5, 0.6) is 5.75 Å². The smallest absolute Gasteiger partial charge is 0.338 e. The van der Waals surface area contributed by atoms with Crippen molar-refractivity contribution >= 4 is 70.6 Å². The lowest BCUT2D eigenvalue weighted by Crippen LogP contribution is -2.71. The van der Waals surface area contributed by atoms with E-state index in [2.05, 4.69) is 28.8 Å². The molecule has 666 valence electrons. The third-order valence-electron chi connectivity index (χ3n) is 21.4. The minimum absolute atomic E-state index is 0.00984. The molecule has 3 fully saturated rings. The number of carbonyl (C=O) groups is 6. The maximum atomic E-state index is 15.4. The molecule has 26 nitrogen and oxygen atoms in total. The molecule has 0 saturated carbocycles. The molecule has 7 aromatic carbocycles. The lowest BCUT2D eigenvalue weighted by atomic mass is 9.94. The third kappa shape index (κ3) is 30.5. The van der Waals surface area contributed by atoms with Crippen molar-refractivity contribution in [1.82, 2.24) is 5.32 Å². The first-order valence-electron chi connectivity index (χ1n) is 42.5. The number of nitrogens with one attached hydrogen (secondary N) is 1. The minimum atomic E-state index is -2.79. The number of alkyl halides is 3. The topological polar surface area (TPSA) is 311 Å². The van der Waals surface area contributed by atoms with Crippen molar-refractivity contribution in [1.29, 1.82) is 0 Å². The minimum Gasteiger partial charge on any atom is -0.497 e. The fraction of sp³-hybridized carbons (Fsp3) is 0.474. The summed E-state index contributed by atoms with van der Waals surface area (Å²) in [5.41, 5.74) is 13.1. The quantitative estimate of drug-likeness (QED) is 0.00541. The zero-order chi connectivity index (χ0) is 87.8. The Morgan fingerprint density at radius 2 is 0.960 bits per heavy atom. The number of hydrogen-bond donors (Lipinski definition) is 1. The molecule has 0 radical (unpaired) electrons. The van der Waals surface area contributed by atoms with Gasteiger partial charge in [-0.05, 0) is 103 Å². The molecule has 3 heterocycles. The predicted molar refractivity (Wildman–Crippen MR) is 464 cm³/mol. The van der Waals surface area contributed by atoms with Gasteiger partial charge < -0.3 is 81.1 Å². The first-order valence-corrected chi connectivity index (χ1v) is 43.7. The van der Waals surface area contributed by atoms with E-state index in [-0.39, 0.29) is 61.7 Å². The number of esters is 5. The number of benzene rings is 7. The van der Waals surface area contributed by atoms with Crippen LogP contribution in [0.1, 0.15) is 182 Å². The van der Waals surface area contributed by atoms with E-state index in [4.69, 9.17) is 111 Å². The predicted octanol–water partition coefficient (Wildman–Crippen LogP) is 18.2. The summed E-state index contributed by atoms with van der Waals surface area (Å²) in [5.74, 6) is -4.97. The number of unbranched alkanes of at least 4 members (excludes halogenated alkanes) is 14. The van der Waals surface area contributed by atoms with Crippen molar-refractivity contribution in [3.8, 4) is 5.75 Å². The van der Waals surface area contributed by atoms with Gasteiger partial charge in [-0.1, -0.05) is 288 Å². The van der Waals surface area contributed by atoms with E-state index in [1.165, 1.54) is 108 Å². The van der Waals surface area contributed by atoms with Crippen LogP contribution in [0.2, 0.25) is 0 Å². The lowest BCUT2D eigenvalue weighted by Gasteiger charge is -2.51. The van der Waals surface area contributed by atoms with Gasteiger partial charge in [0.05, 0.1) is 81.2 Å². The lowest BCUT2D eigenvalue weighted by molar-refractivity contribution is -0.375. The van der Waals surface area contributed by atoms with Gasteiger partial charge in [0.2, 0.25) is 0 Å². The molecule has 0 spiro atoms. The zero-order valence-corrected chi connectivity index (χ0v) is 72.7. The molecule has 3 aliphatic rings. The highest BCUT2D eigenvalue weighted by atomic mass is 35.6. The van der Waals surface area contributed by atoms with Crippen LogP contribution in [0.4, 0.5) is 0 Å². The maximum absolute atomic E-state index is 15.4. The number of azide groups is 1. The van der Waals surface area contributed by atoms with Crippen LogP contribution < -0.4 is 10.1 Å². The average molecular weight is 1770 g/mol. The van der Waals surface area contributed by atoms with Gasteiger partial charge in [-0.25, -0.2) is 19.2 Å². The highest BCUT2D eigenvalue weighted by molar-refractivity contribution is 6.76. The molecule has 1 N–H and O–H groups in total. The molecule has 17 atom stereocenters. The number of rotatable bonds is 50. The highest BCUT2D eigenvalue weighted by Crippen LogP contribution is 2.40. The van der Waals surface area contributed by atoms with Crippen LogP contribution in [0.15, 0.2) is 224 Å². The number of methoxy groups -OCH3 is 1. The largest absolute Gasteiger partial charge is 0.497 e. The third-order valence-corrected chi connectivity index (χ3v) is 21.9. The average Bonchev–Trinajstić information content (AvgIpc) is 0.757. The Bertz CT molecular complexity index is 4400. The van der Waals surface area contributed by atoms with E-state index in [0.29, 0.717) is 23.3 Å². The standard InChI is InChI=1S/C95H113Cl3N4O22/c1-6-8-9-10-11-12-13-14-15-16-17-18-19-20-39-52-75(118-88(105)70-46-33-24-34-47-70)74(101-102-99)61-115-92-86(84(122-90(107)72-50-37-26-38-51-72)81(121-89(106)71-48-35-25-36-49-71)77(120-92)63-114-87(104)69-44-31-23-32-45-69)124-91-78(100-94(108)95(96,97)98)82(80(112-59-67-42-29-22-30-43-67)76(119-91)62-110-58-66-40-27-21-28-41-66)123-93-85(111-57-7-2)83(79(64(3)116-93)117-65(4)103)113-60-68-53-55-73(109-5)56-54-68/h7,21-38,40-51,53-56,64,74-86,91-93H,2,6,8-20,39,52,57-63H2,1,3-5H3,(H,100,108)/t64-,74-,75+,76+,77+,78+,79+,80+,81+,82+,83+,84-,85-,86-,91-,92-,93-/m0/s1. The number of nitrogens with zero attached hydrogens (tertiary/aromatic N) is 3. The van der Waals surface area contributed by atoms with Crippen LogP contribution >= 0.6 is 34.8 Å². The monoisotopic (exact) mass is 1770 g/mol. The van der Waals surface area contributed by atoms with E-state index < -0.39 is 157 Å². The van der Waals surface area contributed by atoms with Crippen LogP contribution in [-0.2, 0) is 100 Å². The number of halogens is 3. The Kier molecular flexibility index (Phi) is 40.6. The van der Waals surface area contributed by atoms with Crippen molar-refractivity contribution in [3.05, 3.63) is 268 Å². The van der Waals surface area contributed by atoms with Gasteiger partial charge in [0.25, 0.3) is 9.70 Å². The van der Waals surface area contributed by atoms with Crippen LogP contribution in [0.25, 0.3) is 10.4 Å². The molecule has 29 heteroatoms. The summed E-state index contributed by atoms with van der Waals surface area (Å²) in [7, 11) is 1.54. The van der Waals surface area contributed by atoms with Gasteiger partial charge in [0, 0.05) is 11.8 Å². The summed E-state index contributed by atoms with van der Waals surface area (Å²) in [4.78, 5) is 90.9. The summed E-state index contributed by atoms with van der Waals surface area (Å²) < 4.78 is 105. The highest BCUT2D eigenvalue weighted by Gasteiger charge is 2.59. The van der Waals surface area contributed by atoms with Crippen molar-refractivity contribution < 1.29 is 105 Å². The molecule has 3 aliphatic heterocycles. The second kappa shape index (κ2) is 52.0. The van der Waals surface area contributed by atoms with E-state index in [1.807, 2.05) is 60.7 Å². The molecule has 0 aromatic heterocycles. The summed E-state index contributed by atoms with van der Waals surface area (Å²) in [6, 6.07) is 54.1. The number of ether oxygens (including phenoxy) is 16. The Balaban J connectivity index is 1.11. The number of amides is 1. The van der Waals surface area contributed by atoms with Crippen molar-refractivity contribution in [2.24, 2.45) is 5.11 Å². The Labute approximate surface area is 740 Å². The van der Waals surface area contributed by atoms with Gasteiger partial charge in [-0.2, -0.15) is 0 Å². The van der Waals surface area contributed by atoms with Crippen molar-refractivity contribution in [2.75, 3.05) is 33.5 Å². The van der Waals surface area contributed by atoms with Crippen molar-refractivity contribution in [2.45, 2.75) is 251 Å². The van der Waals surface area contributed by atoms with E-state index >= 15 is 14.4 Å². The fourth-order valence-corrected chi connectivity index (χ4v) is 15.1. The second-order valence-corrected chi connectivity index (χ2v) is 32.9. The van der Waals surface area contributed by atoms with E-state index in [0.717, 1.165) is 44.1 Å². The Morgan fingerprint density at radius 1 is 0.492 bits per heavy atom. The molecule has 0 unspecified atom stereocenters. The van der Waals surface area contributed by atoms with Gasteiger partial charge >= 0.3 is 29.8 Å². The number of carbonyl (C=O) groups excluding carboxylic acids is 6. The summed E-state index contributed by atoms with van der Waals surface area (Å²) in [6.07, 6.45) is -5.75. The van der Waals surface area contributed by atoms with Gasteiger partial charge in [-0.3, -0.25) is 9.59 Å². The molecule has 0 aliphatic carbocycles. The normalized spacial score (nSPS) is 22.9. The first-order chi connectivity index (χ1) is 60.3. The molecule has 0 bridgehead atoms. The van der Waals surface area contributed by atoms with Crippen molar-refractivity contribution in [3.63, 3.8) is 0 Å². The number of hydrogen-bond acceptors (Lipinski definition) is 23. The van der Waals surface area contributed by atoms with Crippen LogP contribution in [0.3, 0.4) is 0 Å². The Morgan fingerprint density at radius 3 is 1.48 bits per heavy atom. The van der Waals surface area contributed by atoms with Gasteiger partial charge in [-0.15, -0.1) is 6.58 Å². The molecule has 7 aromatic rings. The molecular weight excluding hydrogens is 1660 g/mol. The van der Waals surface area contributed by atoms with Gasteiger partial charge in [0.1, 0.15) is 61.1 Å². The Hall–Kier alpha value is -9.32. The SMILES string of the molecule is C=CCO[C@@H]1[C@H](O[C@@H]2[C@@H](NC(=O)C(Cl)(Cl)Cl)[C@H](O[C@@H]3[C@@H](OC[C@H](N=[N+]=[N-])[C@@H](CCCCCCCCCCCCCCCCC)OC(=O)c4ccccc4)O[C@H](COC(=O)c4ccccc4)[C@@H](OC(=O)c4ccccc4)[C@@H]3OC(=O)c3ccccc3)O[C@H](COCc3ccccc3)[C@H]2OCc2ccccc2)O[C@@H](C)[C@@H](OC(C)=O)[C@H]1OCc1ccc(OC)cc1. The fourth-order valence-electron chi connectivity index (χ4n) is 15.0. The first kappa shape index (κ1) is 96.9. The maximum Gasteiger partial charge on any atom is 0.338 e. The molecule has 10 rings (SSSR count). The van der Waals surface area contributed by atoms with Crippen LogP contribution in [-0.4, -0.2) is 177 Å². The van der Waals surface area contributed by atoms with E-state index in [9.17, 15) is 19.9 Å². The molecule has 124 heavy (non-hydrogen) atoms. The summed E-state index contributed by atoms with van der Waals surface area (Å²) in [6.45, 7) is 6.84. The van der Waals surface area contributed by atoms with E-state index in [1.54, 1.807) is 116 Å². The molecule has 3 saturated heterocycles. The zero-order valence-electron chi connectivity index (χ0n) is 70.4. The van der Waals surface area contributed by atoms with Crippen LogP contribution in [0, 0.1) is 0 Å². The summed E-state index contributed by atoms with van der Waals surface area (Å²) in [5, 5.41) is 7.09. The van der Waals surface area contributed by atoms with Gasteiger partial charge in [0.15, 0.2) is 43.3 Å².